The minimum Gasteiger partial charge on any atom is -0.492 e. The Labute approximate surface area is 141 Å². The number of aliphatic imine (C=N–C) groups is 1. The molecule has 8 heteroatoms. The molecule has 0 amide bonds. The number of nitrogens with zero attached hydrogens (tertiary/aromatic N) is 5. The minimum atomic E-state index is -0.273. The molecule has 0 aliphatic rings. The molecule has 0 atom stereocenters. The first-order valence-corrected chi connectivity index (χ1v) is 7.81. The third-order valence-electron chi connectivity index (χ3n) is 3.38. The zero-order valence-corrected chi connectivity index (χ0v) is 14.2. The normalized spacial score (nSPS) is 11.4. The Hall–Kier alpha value is -2.64. The molecular formula is C16H23FN6O. The van der Waals surface area contributed by atoms with Crippen LogP contribution in [0.1, 0.15) is 12.7 Å². The predicted molar refractivity (Wildman–Crippen MR) is 90.3 cm³/mol. The Morgan fingerprint density at radius 2 is 2.12 bits per heavy atom. The summed E-state index contributed by atoms with van der Waals surface area (Å²) in [4.78, 5) is 10.7. The lowest BCUT2D eigenvalue weighted by molar-refractivity contribution is 0.281. The zero-order valence-electron chi connectivity index (χ0n) is 14.2. The lowest BCUT2D eigenvalue weighted by Gasteiger charge is -2.22. The molecule has 130 valence electrons. The second-order valence-electron chi connectivity index (χ2n) is 5.19. The van der Waals surface area contributed by atoms with E-state index in [0.717, 1.165) is 18.3 Å². The molecule has 0 spiro atoms. The van der Waals surface area contributed by atoms with Crippen LogP contribution < -0.4 is 10.1 Å². The molecule has 0 fully saturated rings. The van der Waals surface area contributed by atoms with E-state index in [1.165, 1.54) is 18.5 Å². The molecule has 0 saturated carbocycles. The number of aryl methyl sites for hydroxylation is 1. The lowest BCUT2D eigenvalue weighted by atomic mass is 10.3. The summed E-state index contributed by atoms with van der Waals surface area (Å²) < 4.78 is 20.2. The smallest absolute Gasteiger partial charge is 0.194 e. The van der Waals surface area contributed by atoms with Crippen molar-refractivity contribution in [2.24, 2.45) is 12.0 Å². The van der Waals surface area contributed by atoms with Gasteiger partial charge in [-0.05, 0) is 31.2 Å². The summed E-state index contributed by atoms with van der Waals surface area (Å²) in [7, 11) is 3.78. The maximum absolute atomic E-state index is 12.9. The van der Waals surface area contributed by atoms with Gasteiger partial charge in [0.15, 0.2) is 5.96 Å². The van der Waals surface area contributed by atoms with Crippen molar-refractivity contribution in [3.8, 4) is 5.75 Å². The van der Waals surface area contributed by atoms with Crippen LogP contribution in [0.25, 0.3) is 0 Å². The maximum Gasteiger partial charge on any atom is 0.194 e. The van der Waals surface area contributed by atoms with Gasteiger partial charge in [-0.1, -0.05) is 0 Å². The molecule has 0 bridgehead atoms. The molecule has 0 aliphatic carbocycles. The van der Waals surface area contributed by atoms with Crippen LogP contribution >= 0.6 is 0 Å². The molecule has 1 aromatic heterocycles. The highest BCUT2D eigenvalue weighted by molar-refractivity contribution is 5.79. The first-order chi connectivity index (χ1) is 11.6. The largest absolute Gasteiger partial charge is 0.492 e. The fourth-order valence-corrected chi connectivity index (χ4v) is 2.02. The minimum absolute atomic E-state index is 0.273. The zero-order chi connectivity index (χ0) is 17.4. The van der Waals surface area contributed by atoms with Crippen LogP contribution in [-0.4, -0.2) is 52.4 Å². The Kier molecular flexibility index (Phi) is 6.53. The van der Waals surface area contributed by atoms with E-state index in [1.54, 1.807) is 16.8 Å². The van der Waals surface area contributed by atoms with E-state index in [0.29, 0.717) is 25.4 Å². The fourth-order valence-electron chi connectivity index (χ4n) is 2.02. The molecule has 1 N–H and O–H groups in total. The molecule has 7 nitrogen and oxygen atoms in total. The quantitative estimate of drug-likeness (QED) is 0.613. The summed E-state index contributed by atoms with van der Waals surface area (Å²) in [6, 6.07) is 5.99. The molecule has 2 rings (SSSR count). The van der Waals surface area contributed by atoms with Gasteiger partial charge in [0, 0.05) is 20.6 Å². The highest BCUT2D eigenvalue weighted by atomic mass is 19.1. The molecule has 1 heterocycles. The van der Waals surface area contributed by atoms with Crippen LogP contribution in [0.2, 0.25) is 0 Å². The van der Waals surface area contributed by atoms with Gasteiger partial charge >= 0.3 is 0 Å². The van der Waals surface area contributed by atoms with Crippen LogP contribution in [-0.2, 0) is 13.6 Å². The number of likely N-dealkylation sites (N-methyl/N-ethyl adjacent to an activating group) is 1. The van der Waals surface area contributed by atoms with Crippen molar-refractivity contribution in [3.63, 3.8) is 0 Å². The Balaban J connectivity index is 1.87. The summed E-state index contributed by atoms with van der Waals surface area (Å²) >= 11 is 0. The topological polar surface area (TPSA) is 67.6 Å². The number of hydrogen-bond donors (Lipinski definition) is 1. The van der Waals surface area contributed by atoms with Crippen LogP contribution in [0.5, 0.6) is 5.75 Å². The van der Waals surface area contributed by atoms with E-state index < -0.39 is 0 Å². The van der Waals surface area contributed by atoms with E-state index in [2.05, 4.69) is 20.4 Å². The average Bonchev–Trinajstić information content (AvgIpc) is 2.98. The van der Waals surface area contributed by atoms with Crippen molar-refractivity contribution in [1.29, 1.82) is 0 Å². The van der Waals surface area contributed by atoms with E-state index >= 15 is 0 Å². The van der Waals surface area contributed by atoms with Gasteiger partial charge < -0.3 is 15.0 Å². The summed E-state index contributed by atoms with van der Waals surface area (Å²) in [6.07, 6.45) is 1.51. The highest BCUT2D eigenvalue weighted by Crippen LogP contribution is 2.10. The van der Waals surface area contributed by atoms with Gasteiger partial charge in [0.25, 0.3) is 0 Å². The van der Waals surface area contributed by atoms with E-state index in [4.69, 9.17) is 4.74 Å². The van der Waals surface area contributed by atoms with Crippen molar-refractivity contribution in [3.05, 3.63) is 42.2 Å². The number of ether oxygens (including phenoxy) is 1. The predicted octanol–water partition coefficient (Wildman–Crippen LogP) is 1.43. The number of aromatic nitrogens is 3. The SMILES string of the molecule is CCNC(=NCc1ncnn1C)N(C)CCOc1ccc(F)cc1. The molecule has 2 aromatic rings. The van der Waals surface area contributed by atoms with Crippen LogP contribution in [0.15, 0.2) is 35.6 Å². The fraction of sp³-hybridized carbons (Fsp3) is 0.438. The van der Waals surface area contributed by atoms with E-state index in [1.807, 2.05) is 25.9 Å². The number of rotatable bonds is 7. The molecule has 1 aromatic carbocycles. The van der Waals surface area contributed by atoms with Crippen molar-refractivity contribution < 1.29 is 9.13 Å². The molecule has 0 unspecified atom stereocenters. The molecule has 0 radical (unpaired) electrons. The van der Waals surface area contributed by atoms with Crippen molar-refractivity contribution in [2.45, 2.75) is 13.5 Å². The Bertz CT molecular complexity index is 655. The molecule has 0 aliphatic heterocycles. The van der Waals surface area contributed by atoms with E-state index in [-0.39, 0.29) is 5.82 Å². The van der Waals surface area contributed by atoms with Gasteiger partial charge in [-0.25, -0.2) is 14.4 Å². The van der Waals surface area contributed by atoms with Crippen LogP contribution in [0.4, 0.5) is 4.39 Å². The molecule has 0 saturated heterocycles. The number of halogens is 1. The number of guanidine groups is 1. The van der Waals surface area contributed by atoms with Crippen molar-refractivity contribution >= 4 is 5.96 Å². The third-order valence-corrected chi connectivity index (χ3v) is 3.38. The lowest BCUT2D eigenvalue weighted by Crippen LogP contribution is -2.40. The summed E-state index contributed by atoms with van der Waals surface area (Å²) in [6.45, 7) is 4.34. The molecule has 24 heavy (non-hydrogen) atoms. The monoisotopic (exact) mass is 334 g/mol. The number of nitrogens with one attached hydrogen (secondary N) is 1. The third kappa shape index (κ3) is 5.22. The first-order valence-electron chi connectivity index (χ1n) is 7.81. The van der Waals surface area contributed by atoms with Crippen LogP contribution in [0.3, 0.4) is 0 Å². The van der Waals surface area contributed by atoms with Crippen molar-refractivity contribution in [1.82, 2.24) is 25.0 Å². The van der Waals surface area contributed by atoms with Crippen molar-refractivity contribution in [2.75, 3.05) is 26.7 Å². The summed E-state index contributed by atoms with van der Waals surface area (Å²) in [5.41, 5.74) is 0. The second-order valence-corrected chi connectivity index (χ2v) is 5.19. The van der Waals surface area contributed by atoms with Gasteiger partial charge in [0.1, 0.15) is 36.9 Å². The number of benzene rings is 1. The second kappa shape index (κ2) is 8.85. The molecular weight excluding hydrogens is 311 g/mol. The van der Waals surface area contributed by atoms with Gasteiger partial charge in [-0.2, -0.15) is 5.10 Å². The Morgan fingerprint density at radius 3 is 2.75 bits per heavy atom. The van der Waals surface area contributed by atoms with Gasteiger partial charge in [-0.15, -0.1) is 0 Å². The van der Waals surface area contributed by atoms with Gasteiger partial charge in [0.2, 0.25) is 0 Å². The summed E-state index contributed by atoms with van der Waals surface area (Å²) in [5.74, 6) is 1.93. The van der Waals surface area contributed by atoms with Crippen LogP contribution in [0, 0.1) is 5.82 Å². The standard InChI is InChI=1S/C16H23FN6O/c1-4-18-16(19-11-15-20-12-21-23(15)3)22(2)9-10-24-14-7-5-13(17)6-8-14/h5-8,12H,4,9-11H2,1-3H3,(H,18,19). The number of hydrogen-bond acceptors (Lipinski definition) is 4. The first kappa shape index (κ1) is 17.7. The average molecular weight is 334 g/mol. The Morgan fingerprint density at radius 1 is 1.38 bits per heavy atom. The highest BCUT2D eigenvalue weighted by Gasteiger charge is 2.07. The summed E-state index contributed by atoms with van der Waals surface area (Å²) in [5, 5.41) is 7.26. The van der Waals surface area contributed by atoms with E-state index in [9.17, 15) is 4.39 Å². The van der Waals surface area contributed by atoms with Gasteiger partial charge in [0.05, 0.1) is 6.54 Å². The van der Waals surface area contributed by atoms with Gasteiger partial charge in [-0.3, -0.25) is 4.68 Å². The maximum atomic E-state index is 12.9.